The van der Waals surface area contributed by atoms with E-state index in [2.05, 4.69) is 26.8 Å². The van der Waals surface area contributed by atoms with E-state index in [1.165, 1.54) is 0 Å². The minimum atomic E-state index is -0.154. The summed E-state index contributed by atoms with van der Waals surface area (Å²) in [7, 11) is 0. The van der Waals surface area contributed by atoms with Crippen molar-refractivity contribution >= 4 is 0 Å². The maximum Gasteiger partial charge on any atom is 0.0991 e. The number of hydrogen-bond donors (Lipinski definition) is 1. The quantitative estimate of drug-likeness (QED) is 0.841. The van der Waals surface area contributed by atoms with E-state index in [0.717, 1.165) is 17.5 Å². The lowest BCUT2D eigenvalue weighted by Crippen LogP contribution is -2.02. The first-order valence-corrected chi connectivity index (χ1v) is 5.54. The molecule has 0 spiro atoms. The molecule has 1 aromatic carbocycles. The van der Waals surface area contributed by atoms with Gasteiger partial charge in [-0.1, -0.05) is 19.9 Å². The Morgan fingerprint density at radius 3 is 2.56 bits per heavy atom. The molecular formula is C14H18NO. The maximum absolute atomic E-state index is 9.08. The van der Waals surface area contributed by atoms with Gasteiger partial charge in [0.15, 0.2) is 0 Å². The first-order valence-electron chi connectivity index (χ1n) is 5.54. The molecule has 1 unspecified atom stereocenters. The van der Waals surface area contributed by atoms with Crippen LogP contribution in [0.1, 0.15) is 36.5 Å². The molecule has 0 saturated heterocycles. The third-order valence-corrected chi connectivity index (χ3v) is 2.48. The van der Waals surface area contributed by atoms with Gasteiger partial charge in [0.05, 0.1) is 11.6 Å². The van der Waals surface area contributed by atoms with Crippen LogP contribution < -0.4 is 0 Å². The van der Waals surface area contributed by atoms with Gasteiger partial charge in [-0.25, -0.2) is 0 Å². The number of aliphatic hydroxyl groups excluding tert-OH is 1. The summed E-state index contributed by atoms with van der Waals surface area (Å²) in [5.41, 5.74) is 2.73. The smallest absolute Gasteiger partial charge is 0.0991 e. The Bertz CT molecular complexity index is 390. The predicted molar refractivity (Wildman–Crippen MR) is 64.9 cm³/mol. The standard InChI is InChI=1S/C14H18NO/c1-10(2)4-12-5-13(8-15)7-14(6-12)11(3)9-16/h5-7,10-11,16H,3-4,9H2,1-2H3. The first kappa shape index (κ1) is 12.7. The average Bonchev–Trinajstić information content (AvgIpc) is 2.26. The van der Waals surface area contributed by atoms with E-state index in [1.54, 1.807) is 6.07 Å². The third kappa shape index (κ3) is 3.36. The molecule has 85 valence electrons. The van der Waals surface area contributed by atoms with Crippen LogP contribution in [0, 0.1) is 24.2 Å². The van der Waals surface area contributed by atoms with Crippen LogP contribution in [0.25, 0.3) is 0 Å². The monoisotopic (exact) mass is 216 g/mol. The summed E-state index contributed by atoms with van der Waals surface area (Å²) in [6.45, 7) is 8.16. The zero-order valence-electron chi connectivity index (χ0n) is 9.90. The van der Waals surface area contributed by atoms with Gasteiger partial charge in [-0.15, -0.1) is 0 Å². The number of rotatable bonds is 4. The maximum atomic E-state index is 9.08. The molecule has 0 heterocycles. The summed E-state index contributed by atoms with van der Waals surface area (Å²) in [5.74, 6) is 0.401. The lowest BCUT2D eigenvalue weighted by molar-refractivity contribution is 0.282. The summed E-state index contributed by atoms with van der Waals surface area (Å²) in [6, 6.07) is 7.90. The molecule has 2 nitrogen and oxygen atoms in total. The number of benzene rings is 1. The van der Waals surface area contributed by atoms with Crippen LogP contribution in [0.4, 0.5) is 0 Å². The van der Waals surface area contributed by atoms with Gasteiger partial charge in [-0.3, -0.25) is 0 Å². The Hall–Kier alpha value is -1.33. The first-order chi connectivity index (χ1) is 7.56. The van der Waals surface area contributed by atoms with Crippen molar-refractivity contribution in [1.29, 1.82) is 5.26 Å². The Morgan fingerprint density at radius 2 is 2.06 bits per heavy atom. The fourth-order valence-electron chi connectivity index (χ4n) is 1.71. The van der Waals surface area contributed by atoms with Crippen LogP contribution in [0.3, 0.4) is 0 Å². The molecule has 1 rings (SSSR count). The van der Waals surface area contributed by atoms with Crippen LogP contribution in [-0.4, -0.2) is 11.7 Å². The summed E-state index contributed by atoms with van der Waals surface area (Å²) in [4.78, 5) is 0. The molecule has 1 aromatic rings. The number of hydrogen-bond acceptors (Lipinski definition) is 2. The van der Waals surface area contributed by atoms with E-state index in [9.17, 15) is 0 Å². The van der Waals surface area contributed by atoms with Crippen molar-refractivity contribution in [1.82, 2.24) is 0 Å². The predicted octanol–water partition coefficient (Wildman–Crippen LogP) is 2.67. The Balaban J connectivity index is 3.06. The lowest BCUT2D eigenvalue weighted by Gasteiger charge is -2.12. The van der Waals surface area contributed by atoms with Gasteiger partial charge in [0.25, 0.3) is 0 Å². The minimum absolute atomic E-state index is 0.00992. The van der Waals surface area contributed by atoms with Crippen LogP contribution in [-0.2, 0) is 6.42 Å². The molecule has 0 aromatic heterocycles. The topological polar surface area (TPSA) is 44.0 Å². The SMILES string of the molecule is [CH2]C(CO)c1cc(C#N)cc(CC(C)C)c1. The van der Waals surface area contributed by atoms with Gasteiger partial charge in [-0.05, 0) is 42.5 Å². The van der Waals surface area contributed by atoms with Crippen molar-refractivity contribution < 1.29 is 5.11 Å². The second-order valence-electron chi connectivity index (χ2n) is 4.55. The zero-order valence-corrected chi connectivity index (χ0v) is 9.90. The second-order valence-corrected chi connectivity index (χ2v) is 4.55. The molecule has 0 saturated carbocycles. The number of nitrogens with zero attached hydrogens (tertiary/aromatic N) is 1. The molecule has 1 N–H and O–H groups in total. The molecule has 1 radical (unpaired) electrons. The van der Waals surface area contributed by atoms with E-state index in [-0.39, 0.29) is 12.5 Å². The summed E-state index contributed by atoms with van der Waals surface area (Å²) < 4.78 is 0. The lowest BCUT2D eigenvalue weighted by atomic mass is 9.94. The summed E-state index contributed by atoms with van der Waals surface area (Å²) >= 11 is 0. The van der Waals surface area contributed by atoms with E-state index >= 15 is 0 Å². The fraction of sp³-hybridized carbons (Fsp3) is 0.429. The van der Waals surface area contributed by atoms with Crippen LogP contribution in [0.2, 0.25) is 0 Å². The van der Waals surface area contributed by atoms with Gasteiger partial charge in [-0.2, -0.15) is 5.26 Å². The zero-order chi connectivity index (χ0) is 12.1. The highest BCUT2D eigenvalue weighted by Crippen LogP contribution is 2.20. The van der Waals surface area contributed by atoms with Gasteiger partial charge < -0.3 is 5.11 Å². The molecule has 0 aliphatic rings. The van der Waals surface area contributed by atoms with Crippen LogP contribution in [0.5, 0.6) is 0 Å². The van der Waals surface area contributed by atoms with Crippen molar-refractivity contribution in [2.75, 3.05) is 6.61 Å². The number of nitriles is 1. The van der Waals surface area contributed by atoms with Gasteiger partial charge in [0, 0.05) is 12.5 Å². The molecule has 2 heteroatoms. The highest BCUT2D eigenvalue weighted by Gasteiger charge is 2.08. The third-order valence-electron chi connectivity index (χ3n) is 2.48. The molecule has 0 bridgehead atoms. The normalized spacial score (nSPS) is 12.5. The molecule has 0 fully saturated rings. The Kier molecular flexibility index (Phi) is 4.52. The Labute approximate surface area is 97.5 Å². The second kappa shape index (κ2) is 5.67. The van der Waals surface area contributed by atoms with Crippen LogP contribution in [0.15, 0.2) is 18.2 Å². The minimum Gasteiger partial charge on any atom is -0.396 e. The highest BCUT2D eigenvalue weighted by molar-refractivity contribution is 5.39. The average molecular weight is 216 g/mol. The van der Waals surface area contributed by atoms with Crippen molar-refractivity contribution in [2.45, 2.75) is 26.2 Å². The molecule has 0 amide bonds. The van der Waals surface area contributed by atoms with E-state index in [4.69, 9.17) is 10.4 Å². The van der Waals surface area contributed by atoms with Crippen molar-refractivity contribution in [3.63, 3.8) is 0 Å². The largest absolute Gasteiger partial charge is 0.396 e. The van der Waals surface area contributed by atoms with E-state index in [0.29, 0.717) is 11.5 Å². The van der Waals surface area contributed by atoms with E-state index < -0.39 is 0 Å². The molecule has 1 atom stereocenters. The van der Waals surface area contributed by atoms with E-state index in [1.807, 2.05) is 12.1 Å². The fourth-order valence-corrected chi connectivity index (χ4v) is 1.71. The highest BCUT2D eigenvalue weighted by atomic mass is 16.3. The molecular weight excluding hydrogens is 198 g/mol. The van der Waals surface area contributed by atoms with Gasteiger partial charge in [0.1, 0.15) is 0 Å². The summed E-state index contributed by atoms with van der Waals surface area (Å²) in [5, 5.41) is 18.0. The Morgan fingerprint density at radius 1 is 1.38 bits per heavy atom. The molecule has 16 heavy (non-hydrogen) atoms. The van der Waals surface area contributed by atoms with Crippen molar-refractivity contribution in [3.8, 4) is 6.07 Å². The number of aliphatic hydroxyl groups is 1. The molecule has 0 aliphatic heterocycles. The molecule has 0 aliphatic carbocycles. The summed E-state index contributed by atoms with van der Waals surface area (Å²) in [6.07, 6.45) is 0.945. The van der Waals surface area contributed by atoms with Crippen LogP contribution >= 0.6 is 0 Å². The van der Waals surface area contributed by atoms with Crippen molar-refractivity contribution in [3.05, 3.63) is 41.8 Å². The van der Waals surface area contributed by atoms with Gasteiger partial charge >= 0.3 is 0 Å². The van der Waals surface area contributed by atoms with Gasteiger partial charge in [0.2, 0.25) is 0 Å². The van der Waals surface area contributed by atoms with Crippen molar-refractivity contribution in [2.24, 2.45) is 5.92 Å².